The summed E-state index contributed by atoms with van der Waals surface area (Å²) in [5.74, 6) is 0.743. The van der Waals surface area contributed by atoms with Gasteiger partial charge in [0.25, 0.3) is 0 Å². The molecule has 0 fully saturated rings. The largest absolute Gasteiger partial charge is 0.495 e. The van der Waals surface area contributed by atoms with Gasteiger partial charge in [0.05, 0.1) is 12.8 Å². The Labute approximate surface area is 111 Å². The second-order valence-corrected chi connectivity index (χ2v) is 4.69. The van der Waals surface area contributed by atoms with Crippen molar-refractivity contribution in [3.8, 4) is 5.75 Å². The molecule has 0 aliphatic heterocycles. The summed E-state index contributed by atoms with van der Waals surface area (Å²) in [6.07, 6.45) is 2.45. The van der Waals surface area contributed by atoms with E-state index in [1.54, 1.807) is 7.11 Å². The summed E-state index contributed by atoms with van der Waals surface area (Å²) in [6.45, 7) is 1.99. The van der Waals surface area contributed by atoms with Crippen LogP contribution in [0.5, 0.6) is 5.75 Å². The first-order chi connectivity index (χ1) is 8.17. The van der Waals surface area contributed by atoms with Crippen LogP contribution in [0.2, 0.25) is 0 Å². The highest BCUT2D eigenvalue weighted by Gasteiger charge is 2.07. The number of unbranched alkanes of at least 4 members (excludes halogenated alkanes) is 1. The summed E-state index contributed by atoms with van der Waals surface area (Å²) in [4.78, 5) is 11.7. The van der Waals surface area contributed by atoms with Crippen molar-refractivity contribution in [3.05, 3.63) is 23.8 Å². The number of aryl methyl sites for hydroxylation is 1. The average Bonchev–Trinajstić information content (AvgIpc) is 2.32. The Hall–Kier alpha value is -1.03. The smallest absolute Gasteiger partial charge is 0.224 e. The number of alkyl halides is 1. The molecule has 1 aromatic carbocycles. The van der Waals surface area contributed by atoms with Gasteiger partial charge in [0.2, 0.25) is 5.91 Å². The fourth-order valence-corrected chi connectivity index (χ4v) is 1.89. The fraction of sp³-hybridized carbons (Fsp3) is 0.462. The van der Waals surface area contributed by atoms with Crippen molar-refractivity contribution in [2.24, 2.45) is 0 Å². The quantitative estimate of drug-likeness (QED) is 0.645. The predicted molar refractivity (Wildman–Crippen MR) is 74.0 cm³/mol. The molecule has 0 saturated heterocycles. The summed E-state index contributed by atoms with van der Waals surface area (Å²) < 4.78 is 5.23. The van der Waals surface area contributed by atoms with E-state index in [4.69, 9.17) is 4.74 Å². The van der Waals surface area contributed by atoms with Gasteiger partial charge >= 0.3 is 0 Å². The maximum Gasteiger partial charge on any atom is 0.224 e. The van der Waals surface area contributed by atoms with Gasteiger partial charge in [0.1, 0.15) is 5.75 Å². The van der Waals surface area contributed by atoms with Gasteiger partial charge in [-0.3, -0.25) is 4.79 Å². The number of carbonyl (C=O) groups excluding carboxylic acids is 1. The zero-order valence-corrected chi connectivity index (χ0v) is 11.8. The number of carbonyl (C=O) groups is 1. The van der Waals surface area contributed by atoms with E-state index in [9.17, 15) is 4.79 Å². The normalized spacial score (nSPS) is 10.1. The lowest BCUT2D eigenvalue weighted by atomic mass is 10.2. The zero-order valence-electron chi connectivity index (χ0n) is 10.3. The van der Waals surface area contributed by atoms with E-state index in [-0.39, 0.29) is 5.91 Å². The molecule has 94 valence electrons. The zero-order chi connectivity index (χ0) is 12.7. The van der Waals surface area contributed by atoms with Gasteiger partial charge in [-0.1, -0.05) is 22.0 Å². The van der Waals surface area contributed by atoms with E-state index in [1.807, 2.05) is 25.1 Å². The van der Waals surface area contributed by atoms with E-state index in [0.29, 0.717) is 12.2 Å². The van der Waals surface area contributed by atoms with Gasteiger partial charge in [0, 0.05) is 11.8 Å². The van der Waals surface area contributed by atoms with Crippen LogP contribution in [-0.4, -0.2) is 18.3 Å². The van der Waals surface area contributed by atoms with Crippen LogP contribution in [0, 0.1) is 6.92 Å². The Morgan fingerprint density at radius 1 is 1.41 bits per heavy atom. The number of rotatable bonds is 6. The summed E-state index contributed by atoms with van der Waals surface area (Å²) in [6, 6.07) is 5.74. The summed E-state index contributed by atoms with van der Waals surface area (Å²) in [5.41, 5.74) is 1.85. The van der Waals surface area contributed by atoms with Gasteiger partial charge in [-0.2, -0.15) is 0 Å². The number of benzene rings is 1. The Morgan fingerprint density at radius 2 is 2.18 bits per heavy atom. The van der Waals surface area contributed by atoms with E-state index >= 15 is 0 Å². The summed E-state index contributed by atoms with van der Waals surface area (Å²) in [5, 5.41) is 3.81. The molecule has 4 heteroatoms. The van der Waals surface area contributed by atoms with Crippen LogP contribution in [0.1, 0.15) is 24.8 Å². The first kappa shape index (κ1) is 14.0. The van der Waals surface area contributed by atoms with Crippen molar-refractivity contribution < 1.29 is 9.53 Å². The molecule has 0 saturated carbocycles. The lowest BCUT2D eigenvalue weighted by Gasteiger charge is -2.10. The van der Waals surface area contributed by atoms with E-state index in [1.165, 1.54) is 0 Å². The lowest BCUT2D eigenvalue weighted by Crippen LogP contribution is -2.12. The van der Waals surface area contributed by atoms with Crippen LogP contribution < -0.4 is 10.1 Å². The fourth-order valence-electron chi connectivity index (χ4n) is 1.49. The number of hydrogen-bond donors (Lipinski definition) is 1. The number of ether oxygens (including phenoxy) is 1. The molecule has 3 nitrogen and oxygen atoms in total. The minimum Gasteiger partial charge on any atom is -0.495 e. The molecule has 1 rings (SSSR count). The Bertz CT molecular complexity index is 380. The van der Waals surface area contributed by atoms with Gasteiger partial charge in [0.15, 0.2) is 0 Å². The predicted octanol–water partition coefficient (Wildman–Crippen LogP) is 3.51. The number of methoxy groups -OCH3 is 1. The van der Waals surface area contributed by atoms with Crippen molar-refractivity contribution in [2.75, 3.05) is 17.8 Å². The molecule has 0 spiro atoms. The molecule has 1 N–H and O–H groups in total. The van der Waals surface area contributed by atoms with Gasteiger partial charge in [-0.15, -0.1) is 0 Å². The molecule has 0 radical (unpaired) electrons. The van der Waals surface area contributed by atoms with Crippen molar-refractivity contribution in [1.29, 1.82) is 0 Å². The molecule has 0 aliphatic carbocycles. The lowest BCUT2D eigenvalue weighted by molar-refractivity contribution is -0.116. The van der Waals surface area contributed by atoms with Gasteiger partial charge in [-0.25, -0.2) is 0 Å². The highest BCUT2D eigenvalue weighted by molar-refractivity contribution is 9.09. The molecular weight excluding hydrogens is 282 g/mol. The molecule has 1 amide bonds. The van der Waals surface area contributed by atoms with Crippen molar-refractivity contribution in [2.45, 2.75) is 26.2 Å². The molecule has 17 heavy (non-hydrogen) atoms. The number of anilines is 1. The first-order valence-corrected chi connectivity index (χ1v) is 6.80. The minimum absolute atomic E-state index is 0.0353. The average molecular weight is 300 g/mol. The standard InChI is InChI=1S/C13H18BrNO2/c1-10-6-7-11(12(9-10)17-2)15-13(16)5-3-4-8-14/h6-7,9H,3-5,8H2,1-2H3,(H,15,16). The highest BCUT2D eigenvalue weighted by Crippen LogP contribution is 2.25. The molecule has 1 aromatic rings. The van der Waals surface area contributed by atoms with Crippen LogP contribution >= 0.6 is 15.9 Å². The van der Waals surface area contributed by atoms with Crippen molar-refractivity contribution in [3.63, 3.8) is 0 Å². The number of hydrogen-bond acceptors (Lipinski definition) is 2. The topological polar surface area (TPSA) is 38.3 Å². The number of halogens is 1. The third kappa shape index (κ3) is 4.77. The van der Waals surface area contributed by atoms with Crippen LogP contribution in [0.15, 0.2) is 18.2 Å². The Morgan fingerprint density at radius 3 is 2.82 bits per heavy atom. The van der Waals surface area contributed by atoms with Gasteiger partial charge in [-0.05, 0) is 37.5 Å². The van der Waals surface area contributed by atoms with Gasteiger partial charge < -0.3 is 10.1 Å². The minimum atomic E-state index is 0.0353. The second kappa shape index (κ2) is 7.33. The molecule has 0 aliphatic rings. The first-order valence-electron chi connectivity index (χ1n) is 5.68. The molecule has 0 aromatic heterocycles. The highest BCUT2D eigenvalue weighted by atomic mass is 79.9. The monoisotopic (exact) mass is 299 g/mol. The maximum atomic E-state index is 11.7. The molecule has 0 atom stereocenters. The Balaban J connectivity index is 2.58. The van der Waals surface area contributed by atoms with Crippen LogP contribution in [-0.2, 0) is 4.79 Å². The van der Waals surface area contributed by atoms with Crippen molar-refractivity contribution >= 4 is 27.5 Å². The molecule has 0 bridgehead atoms. The third-order valence-electron chi connectivity index (χ3n) is 2.42. The summed E-state index contributed by atoms with van der Waals surface area (Å²) >= 11 is 3.35. The molecular formula is C13H18BrNO2. The van der Waals surface area contributed by atoms with E-state index < -0.39 is 0 Å². The Kier molecular flexibility index (Phi) is 6.05. The van der Waals surface area contributed by atoms with Crippen molar-refractivity contribution in [1.82, 2.24) is 0 Å². The molecule has 0 heterocycles. The molecule has 0 unspecified atom stereocenters. The second-order valence-electron chi connectivity index (χ2n) is 3.90. The van der Waals surface area contributed by atoms with Crippen LogP contribution in [0.4, 0.5) is 5.69 Å². The van der Waals surface area contributed by atoms with E-state index in [0.717, 1.165) is 29.4 Å². The van der Waals surface area contributed by atoms with Crippen LogP contribution in [0.25, 0.3) is 0 Å². The van der Waals surface area contributed by atoms with Crippen LogP contribution in [0.3, 0.4) is 0 Å². The summed E-state index contributed by atoms with van der Waals surface area (Å²) in [7, 11) is 1.61. The number of nitrogens with one attached hydrogen (secondary N) is 1. The number of amides is 1. The maximum absolute atomic E-state index is 11.7. The third-order valence-corrected chi connectivity index (χ3v) is 2.98. The SMILES string of the molecule is COc1cc(C)ccc1NC(=O)CCCCBr. The van der Waals surface area contributed by atoms with E-state index in [2.05, 4.69) is 21.2 Å².